The number of nitrogens with zero attached hydrogens (tertiary/aromatic N) is 2. The van der Waals surface area contributed by atoms with Crippen molar-refractivity contribution in [2.45, 2.75) is 5.75 Å². The third kappa shape index (κ3) is 3.24. The maximum Gasteiger partial charge on any atom is 0.333 e. The van der Waals surface area contributed by atoms with Crippen LogP contribution in [0.5, 0.6) is 0 Å². The standard InChI is InChI=1S/C11H11ClN2O4S/c1-14(9-4-11(15)18-6-9)19(16,17)7-8-2-3-10(12)13-5-8/h2-5H,6-7H2,1H3. The summed E-state index contributed by atoms with van der Waals surface area (Å²) in [4.78, 5) is 14.8. The van der Waals surface area contributed by atoms with Crippen LogP contribution in [0, 0.1) is 0 Å². The second-order valence-corrected chi connectivity index (χ2v) is 6.34. The van der Waals surface area contributed by atoms with Gasteiger partial charge in [-0.25, -0.2) is 18.2 Å². The summed E-state index contributed by atoms with van der Waals surface area (Å²) in [6.07, 6.45) is 2.57. The maximum absolute atomic E-state index is 12.1. The highest BCUT2D eigenvalue weighted by molar-refractivity contribution is 7.88. The molecule has 1 aromatic heterocycles. The predicted molar refractivity (Wildman–Crippen MR) is 68.7 cm³/mol. The molecule has 0 amide bonds. The number of hydrogen-bond acceptors (Lipinski definition) is 5. The number of pyridine rings is 1. The molecule has 0 aromatic carbocycles. The first-order valence-corrected chi connectivity index (χ1v) is 7.31. The first-order chi connectivity index (χ1) is 8.88. The summed E-state index contributed by atoms with van der Waals surface area (Å²) in [5.41, 5.74) is 0.828. The van der Waals surface area contributed by atoms with Gasteiger partial charge in [0.05, 0.1) is 11.4 Å². The fourth-order valence-corrected chi connectivity index (χ4v) is 2.88. The summed E-state index contributed by atoms with van der Waals surface area (Å²) < 4.78 is 30.0. The Hall–Kier alpha value is -1.60. The molecule has 6 nitrogen and oxygen atoms in total. The molecule has 0 atom stereocenters. The number of likely N-dealkylation sites (N-methyl/N-ethyl adjacent to an activating group) is 1. The van der Waals surface area contributed by atoms with Crippen LogP contribution in [0.15, 0.2) is 30.1 Å². The lowest BCUT2D eigenvalue weighted by Gasteiger charge is -2.19. The van der Waals surface area contributed by atoms with Crippen molar-refractivity contribution in [3.63, 3.8) is 0 Å². The Morgan fingerprint density at radius 1 is 1.47 bits per heavy atom. The largest absolute Gasteiger partial charge is 0.456 e. The van der Waals surface area contributed by atoms with E-state index < -0.39 is 16.0 Å². The van der Waals surface area contributed by atoms with E-state index in [0.717, 1.165) is 10.4 Å². The lowest BCUT2D eigenvalue weighted by Crippen LogP contribution is -2.28. The lowest BCUT2D eigenvalue weighted by molar-refractivity contribution is -0.135. The average molecular weight is 303 g/mol. The smallest absolute Gasteiger partial charge is 0.333 e. The molecule has 0 aliphatic carbocycles. The van der Waals surface area contributed by atoms with E-state index in [1.165, 1.54) is 19.3 Å². The van der Waals surface area contributed by atoms with E-state index in [0.29, 0.717) is 16.4 Å². The van der Waals surface area contributed by atoms with E-state index in [4.69, 9.17) is 11.6 Å². The molecule has 0 spiro atoms. The Morgan fingerprint density at radius 2 is 2.21 bits per heavy atom. The van der Waals surface area contributed by atoms with E-state index in [1.807, 2.05) is 0 Å². The second kappa shape index (κ2) is 5.18. The van der Waals surface area contributed by atoms with Gasteiger partial charge in [0.15, 0.2) is 0 Å². The maximum atomic E-state index is 12.1. The number of carbonyl (C=O) groups is 1. The number of hydrogen-bond donors (Lipinski definition) is 0. The first kappa shape index (κ1) is 13.8. The van der Waals surface area contributed by atoms with E-state index >= 15 is 0 Å². The van der Waals surface area contributed by atoms with Crippen molar-refractivity contribution in [3.8, 4) is 0 Å². The molecule has 2 rings (SSSR count). The molecule has 0 saturated carbocycles. The lowest BCUT2D eigenvalue weighted by atomic mass is 10.3. The number of cyclic esters (lactones) is 1. The van der Waals surface area contributed by atoms with E-state index in [9.17, 15) is 13.2 Å². The Bertz CT molecular complexity index is 625. The summed E-state index contributed by atoms with van der Waals surface area (Å²) in [5.74, 6) is -0.760. The predicted octanol–water partition coefficient (Wildman–Crippen LogP) is 0.937. The zero-order valence-electron chi connectivity index (χ0n) is 10.0. The van der Waals surface area contributed by atoms with Gasteiger partial charge in [-0.3, -0.25) is 4.31 Å². The zero-order chi connectivity index (χ0) is 14.0. The van der Waals surface area contributed by atoms with Crippen LogP contribution >= 0.6 is 11.6 Å². The van der Waals surface area contributed by atoms with E-state index in [-0.39, 0.29) is 12.4 Å². The Morgan fingerprint density at radius 3 is 2.74 bits per heavy atom. The molecule has 0 fully saturated rings. The number of carbonyl (C=O) groups excluding carboxylic acids is 1. The third-order valence-electron chi connectivity index (χ3n) is 2.61. The van der Waals surface area contributed by atoms with Gasteiger partial charge in [0.2, 0.25) is 10.0 Å². The third-order valence-corrected chi connectivity index (χ3v) is 4.60. The normalized spacial score (nSPS) is 15.1. The topological polar surface area (TPSA) is 76.6 Å². The summed E-state index contributed by atoms with van der Waals surface area (Å²) in [7, 11) is -2.20. The van der Waals surface area contributed by atoms with Crippen LogP contribution in [0.25, 0.3) is 0 Å². The van der Waals surface area contributed by atoms with E-state index in [2.05, 4.69) is 9.72 Å². The monoisotopic (exact) mass is 302 g/mol. The van der Waals surface area contributed by atoms with Gasteiger partial charge in [-0.05, 0) is 11.6 Å². The van der Waals surface area contributed by atoms with Crippen LogP contribution in [0.2, 0.25) is 5.15 Å². The van der Waals surface area contributed by atoms with Gasteiger partial charge >= 0.3 is 5.97 Å². The molecule has 0 N–H and O–H groups in total. The van der Waals surface area contributed by atoms with E-state index in [1.54, 1.807) is 6.07 Å². The highest BCUT2D eigenvalue weighted by Crippen LogP contribution is 2.18. The Balaban J connectivity index is 2.16. The molecule has 0 unspecified atom stereocenters. The molecule has 0 bridgehead atoms. The number of aromatic nitrogens is 1. The highest BCUT2D eigenvalue weighted by Gasteiger charge is 2.25. The summed E-state index contributed by atoms with van der Waals surface area (Å²) in [6, 6.07) is 3.11. The molecule has 19 heavy (non-hydrogen) atoms. The SMILES string of the molecule is CN(C1=CC(=O)OC1)S(=O)(=O)Cc1ccc(Cl)nc1. The van der Waals surface area contributed by atoms with Gasteiger partial charge in [-0.2, -0.15) is 0 Å². The zero-order valence-corrected chi connectivity index (χ0v) is 11.6. The van der Waals surface area contributed by atoms with Gasteiger partial charge < -0.3 is 4.74 Å². The van der Waals surface area contributed by atoms with Gasteiger partial charge in [-0.15, -0.1) is 0 Å². The van der Waals surface area contributed by atoms with Gasteiger partial charge in [0, 0.05) is 19.3 Å². The number of ether oxygens (including phenoxy) is 1. The number of halogens is 1. The average Bonchev–Trinajstić information content (AvgIpc) is 2.77. The molecule has 0 radical (unpaired) electrons. The van der Waals surface area contributed by atoms with Crippen LogP contribution in [-0.2, 0) is 25.3 Å². The molecular weight excluding hydrogens is 292 g/mol. The minimum Gasteiger partial charge on any atom is -0.456 e. The van der Waals surface area contributed by atoms with Crippen LogP contribution in [-0.4, -0.2) is 37.3 Å². The van der Waals surface area contributed by atoms with Crippen molar-refractivity contribution < 1.29 is 17.9 Å². The molecule has 2 heterocycles. The molecule has 1 aromatic rings. The minimum atomic E-state index is -3.58. The molecule has 1 aliphatic heterocycles. The molecule has 8 heteroatoms. The first-order valence-electron chi connectivity index (χ1n) is 5.33. The fourth-order valence-electron chi connectivity index (χ4n) is 1.52. The highest BCUT2D eigenvalue weighted by atomic mass is 35.5. The molecule has 1 aliphatic rings. The van der Waals surface area contributed by atoms with Crippen molar-refractivity contribution in [2.24, 2.45) is 0 Å². The Labute approximate surface area is 115 Å². The van der Waals surface area contributed by atoms with Gasteiger partial charge in [0.1, 0.15) is 11.8 Å². The quantitative estimate of drug-likeness (QED) is 0.611. The van der Waals surface area contributed by atoms with Crippen LogP contribution in [0.1, 0.15) is 5.56 Å². The summed E-state index contributed by atoms with van der Waals surface area (Å²) in [5, 5.41) is 0.298. The van der Waals surface area contributed by atoms with Gasteiger partial charge in [-0.1, -0.05) is 17.7 Å². The van der Waals surface area contributed by atoms with Crippen LogP contribution < -0.4 is 0 Å². The summed E-state index contributed by atoms with van der Waals surface area (Å²) >= 11 is 5.63. The van der Waals surface area contributed by atoms with Crippen molar-refractivity contribution in [1.29, 1.82) is 0 Å². The van der Waals surface area contributed by atoms with Gasteiger partial charge in [0.25, 0.3) is 0 Å². The van der Waals surface area contributed by atoms with Crippen molar-refractivity contribution in [3.05, 3.63) is 40.8 Å². The number of esters is 1. The van der Waals surface area contributed by atoms with Crippen molar-refractivity contribution in [2.75, 3.05) is 13.7 Å². The second-order valence-electron chi connectivity index (χ2n) is 3.96. The molecular formula is C11H11ClN2O4S. The molecule has 102 valence electrons. The Kier molecular flexibility index (Phi) is 3.77. The van der Waals surface area contributed by atoms with Crippen LogP contribution in [0.4, 0.5) is 0 Å². The number of rotatable bonds is 4. The number of sulfonamides is 1. The summed E-state index contributed by atoms with van der Waals surface area (Å²) in [6.45, 7) is -0.0343. The minimum absolute atomic E-state index is 0.0343. The van der Waals surface area contributed by atoms with Crippen LogP contribution in [0.3, 0.4) is 0 Å². The van der Waals surface area contributed by atoms with Crippen molar-refractivity contribution >= 4 is 27.6 Å². The molecule has 0 saturated heterocycles. The fraction of sp³-hybridized carbons (Fsp3) is 0.273. The van der Waals surface area contributed by atoms with Crippen molar-refractivity contribution in [1.82, 2.24) is 9.29 Å².